The molecule has 1 amide bonds. The molecule has 1 N–H and O–H groups in total. The van der Waals surface area contributed by atoms with E-state index in [-0.39, 0.29) is 6.54 Å². The fourth-order valence-corrected chi connectivity index (χ4v) is 2.09. The topological polar surface area (TPSA) is 69.6 Å². The Morgan fingerprint density at radius 3 is 2.55 bits per heavy atom. The SMILES string of the molecule is COc1ccc(OC)c(CNC(=O)C(=O)c2cccn2C)c1. The summed E-state index contributed by atoms with van der Waals surface area (Å²) in [5.74, 6) is 0.0345. The quantitative estimate of drug-likeness (QED) is 0.649. The fourth-order valence-electron chi connectivity index (χ4n) is 2.09. The summed E-state index contributed by atoms with van der Waals surface area (Å²) in [7, 11) is 4.82. The Balaban J connectivity index is 2.08. The molecule has 22 heavy (non-hydrogen) atoms. The zero-order valence-electron chi connectivity index (χ0n) is 12.8. The Hall–Kier alpha value is -2.76. The van der Waals surface area contributed by atoms with Gasteiger partial charge in [-0.15, -0.1) is 0 Å². The number of carbonyl (C=O) groups excluding carboxylic acids is 2. The Bertz CT molecular complexity index is 691. The number of hydrogen-bond donors (Lipinski definition) is 1. The lowest BCUT2D eigenvalue weighted by Gasteiger charge is -2.11. The van der Waals surface area contributed by atoms with Crippen molar-refractivity contribution in [2.45, 2.75) is 6.54 Å². The molecule has 1 heterocycles. The van der Waals surface area contributed by atoms with Crippen LogP contribution in [-0.2, 0) is 18.4 Å². The summed E-state index contributed by atoms with van der Waals surface area (Å²) < 4.78 is 12.0. The maximum absolute atomic E-state index is 12.0. The lowest BCUT2D eigenvalue weighted by Crippen LogP contribution is -2.31. The van der Waals surface area contributed by atoms with Crippen molar-refractivity contribution in [3.8, 4) is 11.5 Å². The molecule has 2 aromatic rings. The highest BCUT2D eigenvalue weighted by Gasteiger charge is 2.18. The van der Waals surface area contributed by atoms with Crippen LogP contribution in [-0.4, -0.2) is 30.5 Å². The van der Waals surface area contributed by atoms with Crippen LogP contribution in [0.15, 0.2) is 36.5 Å². The predicted molar refractivity (Wildman–Crippen MR) is 81.1 cm³/mol. The van der Waals surface area contributed by atoms with Crippen molar-refractivity contribution in [2.24, 2.45) is 7.05 Å². The standard InChI is InChI=1S/C16H18N2O4/c1-18-8-4-5-13(18)15(19)16(20)17-10-11-9-12(21-2)6-7-14(11)22-3/h4-9H,10H2,1-3H3,(H,17,20). The van der Waals surface area contributed by atoms with Gasteiger partial charge in [-0.3, -0.25) is 9.59 Å². The second-order valence-corrected chi connectivity index (χ2v) is 4.69. The number of methoxy groups -OCH3 is 2. The number of aromatic nitrogens is 1. The smallest absolute Gasteiger partial charge is 0.294 e. The van der Waals surface area contributed by atoms with E-state index in [1.807, 2.05) is 0 Å². The highest BCUT2D eigenvalue weighted by Crippen LogP contribution is 2.23. The lowest BCUT2D eigenvalue weighted by molar-refractivity contribution is -0.117. The summed E-state index contributed by atoms with van der Waals surface area (Å²) in [5.41, 5.74) is 1.07. The number of hydrogen-bond acceptors (Lipinski definition) is 4. The molecule has 0 unspecified atom stereocenters. The van der Waals surface area contributed by atoms with E-state index in [2.05, 4.69) is 5.32 Å². The molecule has 6 heteroatoms. The molecule has 0 fully saturated rings. The van der Waals surface area contributed by atoms with Gasteiger partial charge in [-0.05, 0) is 30.3 Å². The summed E-state index contributed by atoms with van der Waals surface area (Å²) in [6.07, 6.45) is 1.71. The van der Waals surface area contributed by atoms with E-state index < -0.39 is 11.7 Å². The largest absolute Gasteiger partial charge is 0.497 e. The molecule has 0 aliphatic rings. The number of Topliss-reactive ketones (excluding diaryl/α,β-unsaturated/α-hetero) is 1. The van der Waals surface area contributed by atoms with Gasteiger partial charge in [0.25, 0.3) is 11.7 Å². The normalized spacial score (nSPS) is 10.1. The van der Waals surface area contributed by atoms with Gasteiger partial charge in [-0.25, -0.2) is 0 Å². The van der Waals surface area contributed by atoms with Crippen LogP contribution in [0.3, 0.4) is 0 Å². The van der Waals surface area contributed by atoms with E-state index in [4.69, 9.17) is 9.47 Å². The van der Waals surface area contributed by atoms with E-state index in [1.54, 1.807) is 62.4 Å². The number of amides is 1. The Kier molecular flexibility index (Phi) is 4.83. The number of nitrogens with one attached hydrogen (secondary N) is 1. The van der Waals surface area contributed by atoms with E-state index in [1.165, 1.54) is 0 Å². The second-order valence-electron chi connectivity index (χ2n) is 4.69. The summed E-state index contributed by atoms with van der Waals surface area (Å²) in [4.78, 5) is 24.0. The molecule has 6 nitrogen and oxygen atoms in total. The third-order valence-electron chi connectivity index (χ3n) is 3.31. The van der Waals surface area contributed by atoms with Crippen LogP contribution in [0, 0.1) is 0 Å². The number of aryl methyl sites for hydroxylation is 1. The maximum Gasteiger partial charge on any atom is 0.294 e. The number of benzene rings is 1. The lowest BCUT2D eigenvalue weighted by atomic mass is 10.1. The fraction of sp³-hybridized carbons (Fsp3) is 0.250. The van der Waals surface area contributed by atoms with Crippen LogP contribution in [0.4, 0.5) is 0 Å². The number of ketones is 1. The molecular formula is C16H18N2O4. The molecule has 0 saturated carbocycles. The average Bonchev–Trinajstić information content (AvgIpc) is 2.97. The van der Waals surface area contributed by atoms with Crippen molar-refractivity contribution in [1.82, 2.24) is 9.88 Å². The first-order valence-corrected chi connectivity index (χ1v) is 6.71. The van der Waals surface area contributed by atoms with Gasteiger partial charge in [0.2, 0.25) is 0 Å². The molecule has 0 saturated heterocycles. The Labute approximate surface area is 128 Å². The van der Waals surface area contributed by atoms with Gasteiger partial charge in [0.15, 0.2) is 0 Å². The predicted octanol–water partition coefficient (Wildman–Crippen LogP) is 1.54. The van der Waals surface area contributed by atoms with Gasteiger partial charge >= 0.3 is 0 Å². The third-order valence-corrected chi connectivity index (χ3v) is 3.31. The van der Waals surface area contributed by atoms with E-state index in [0.29, 0.717) is 17.2 Å². The maximum atomic E-state index is 12.0. The molecule has 1 aromatic heterocycles. The van der Waals surface area contributed by atoms with Crippen molar-refractivity contribution in [3.05, 3.63) is 47.8 Å². The second kappa shape index (κ2) is 6.80. The minimum atomic E-state index is -0.660. The van der Waals surface area contributed by atoms with Crippen molar-refractivity contribution in [2.75, 3.05) is 14.2 Å². The zero-order valence-corrected chi connectivity index (χ0v) is 12.8. The number of ether oxygens (including phenoxy) is 2. The number of carbonyl (C=O) groups is 2. The third kappa shape index (κ3) is 3.28. The van der Waals surface area contributed by atoms with Crippen molar-refractivity contribution in [3.63, 3.8) is 0 Å². The van der Waals surface area contributed by atoms with Gasteiger partial charge in [0.1, 0.15) is 11.5 Å². The molecule has 0 spiro atoms. The minimum Gasteiger partial charge on any atom is -0.497 e. The van der Waals surface area contributed by atoms with Crippen LogP contribution in [0.25, 0.3) is 0 Å². The summed E-state index contributed by atoms with van der Waals surface area (Å²) >= 11 is 0. The Morgan fingerprint density at radius 1 is 1.18 bits per heavy atom. The zero-order chi connectivity index (χ0) is 16.1. The van der Waals surface area contributed by atoms with E-state index in [9.17, 15) is 9.59 Å². The van der Waals surface area contributed by atoms with Gasteiger partial charge in [0.05, 0.1) is 19.9 Å². The van der Waals surface area contributed by atoms with Crippen molar-refractivity contribution >= 4 is 11.7 Å². The molecule has 1 aromatic carbocycles. The van der Waals surface area contributed by atoms with Crippen molar-refractivity contribution < 1.29 is 19.1 Å². The molecule has 0 bridgehead atoms. The summed E-state index contributed by atoms with van der Waals surface area (Å²) in [5, 5.41) is 2.60. The van der Waals surface area contributed by atoms with Crippen LogP contribution in [0.5, 0.6) is 11.5 Å². The molecule has 0 aliphatic carbocycles. The van der Waals surface area contributed by atoms with Gasteiger partial charge < -0.3 is 19.4 Å². The summed E-state index contributed by atoms with van der Waals surface area (Å²) in [6.45, 7) is 0.176. The molecule has 2 rings (SSSR count). The van der Waals surface area contributed by atoms with E-state index in [0.717, 1.165) is 5.56 Å². The van der Waals surface area contributed by atoms with Crippen LogP contribution in [0.2, 0.25) is 0 Å². The monoisotopic (exact) mass is 302 g/mol. The minimum absolute atomic E-state index is 0.176. The first-order valence-electron chi connectivity index (χ1n) is 6.71. The molecule has 0 atom stereocenters. The molecular weight excluding hydrogens is 284 g/mol. The highest BCUT2D eigenvalue weighted by molar-refractivity contribution is 6.42. The first-order chi connectivity index (χ1) is 10.6. The molecule has 0 aliphatic heterocycles. The molecule has 0 radical (unpaired) electrons. The first kappa shape index (κ1) is 15.6. The van der Waals surface area contributed by atoms with Crippen LogP contribution < -0.4 is 14.8 Å². The summed E-state index contributed by atoms with van der Waals surface area (Å²) in [6, 6.07) is 8.59. The average molecular weight is 302 g/mol. The molecule has 116 valence electrons. The number of nitrogens with zero attached hydrogens (tertiary/aromatic N) is 1. The van der Waals surface area contributed by atoms with E-state index >= 15 is 0 Å². The van der Waals surface area contributed by atoms with Crippen LogP contribution >= 0.6 is 0 Å². The van der Waals surface area contributed by atoms with Crippen LogP contribution in [0.1, 0.15) is 16.1 Å². The van der Waals surface area contributed by atoms with Crippen molar-refractivity contribution in [1.29, 1.82) is 0 Å². The van der Waals surface area contributed by atoms with Gasteiger partial charge in [-0.1, -0.05) is 0 Å². The number of rotatable bonds is 6. The highest BCUT2D eigenvalue weighted by atomic mass is 16.5. The Morgan fingerprint density at radius 2 is 1.95 bits per heavy atom. The van der Waals surface area contributed by atoms with Gasteiger partial charge in [-0.2, -0.15) is 0 Å². The van der Waals surface area contributed by atoms with Gasteiger partial charge in [0, 0.05) is 25.4 Å².